The number of amides is 1. The monoisotopic (exact) mass is 614 g/mol. The lowest BCUT2D eigenvalue weighted by atomic mass is 9.69. The number of sulfonamides is 1. The number of nitrogens with two attached hydrogens (primary N) is 1. The molecule has 1 aliphatic heterocycles. The summed E-state index contributed by atoms with van der Waals surface area (Å²) in [5, 5.41) is 6.54. The molecular formula is C28H36Cl2N2O5S2. The maximum atomic E-state index is 14.5. The molecule has 0 bridgehead atoms. The van der Waals surface area contributed by atoms with Crippen molar-refractivity contribution in [3.8, 4) is 0 Å². The van der Waals surface area contributed by atoms with Gasteiger partial charge in [0, 0.05) is 22.0 Å². The minimum absolute atomic E-state index is 0.0160. The Morgan fingerprint density at radius 1 is 1.00 bits per heavy atom. The molecule has 1 aliphatic carbocycles. The van der Waals surface area contributed by atoms with Gasteiger partial charge in [-0.15, -0.1) is 0 Å². The molecule has 0 spiro atoms. The number of hydrogen-bond donors (Lipinski definition) is 1. The van der Waals surface area contributed by atoms with Crippen LogP contribution in [0.5, 0.6) is 0 Å². The summed E-state index contributed by atoms with van der Waals surface area (Å²) < 4.78 is 50.8. The van der Waals surface area contributed by atoms with Gasteiger partial charge < -0.3 is 4.90 Å². The van der Waals surface area contributed by atoms with Crippen LogP contribution in [0.15, 0.2) is 48.5 Å². The fourth-order valence-electron chi connectivity index (χ4n) is 5.73. The van der Waals surface area contributed by atoms with Crippen LogP contribution in [0.25, 0.3) is 0 Å². The number of piperidine rings is 1. The summed E-state index contributed by atoms with van der Waals surface area (Å²) in [6, 6.07) is 13.3. The maximum absolute atomic E-state index is 14.5. The summed E-state index contributed by atoms with van der Waals surface area (Å²) in [7, 11) is -7.67. The van der Waals surface area contributed by atoms with Gasteiger partial charge in [0.1, 0.15) is 0 Å². The van der Waals surface area contributed by atoms with E-state index in [0.29, 0.717) is 10.0 Å². The van der Waals surface area contributed by atoms with Crippen molar-refractivity contribution in [1.29, 1.82) is 0 Å². The Morgan fingerprint density at radius 3 is 2.13 bits per heavy atom. The number of benzene rings is 2. The van der Waals surface area contributed by atoms with Crippen LogP contribution in [-0.4, -0.2) is 49.9 Å². The molecule has 1 saturated heterocycles. The molecule has 2 aromatic rings. The molecule has 214 valence electrons. The number of nitrogens with zero attached hydrogens (tertiary/aromatic N) is 1. The first-order chi connectivity index (χ1) is 17.9. The smallest absolute Gasteiger partial charge is 0.230 e. The number of carbonyl (C=O) groups excluding carboxylic acids is 1. The van der Waals surface area contributed by atoms with Crippen LogP contribution in [-0.2, 0) is 24.7 Å². The number of sulfone groups is 1. The van der Waals surface area contributed by atoms with Gasteiger partial charge in [-0.1, -0.05) is 47.5 Å². The second-order valence-electron chi connectivity index (χ2n) is 12.2. The molecule has 4 unspecified atom stereocenters. The Labute approximate surface area is 242 Å². The van der Waals surface area contributed by atoms with E-state index in [-0.39, 0.29) is 24.0 Å². The summed E-state index contributed by atoms with van der Waals surface area (Å²) in [4.78, 5) is 16.2. The van der Waals surface area contributed by atoms with E-state index >= 15 is 0 Å². The first-order valence-corrected chi connectivity index (χ1v) is 17.1. The fraction of sp³-hybridized carbons (Fsp3) is 0.536. The van der Waals surface area contributed by atoms with Gasteiger partial charge in [-0.2, -0.15) is 0 Å². The van der Waals surface area contributed by atoms with E-state index in [1.807, 2.05) is 30.3 Å². The topological polar surface area (TPSA) is 115 Å². The van der Waals surface area contributed by atoms with E-state index in [1.54, 1.807) is 50.8 Å². The van der Waals surface area contributed by atoms with E-state index in [1.165, 1.54) is 0 Å². The number of primary sulfonamides is 1. The number of likely N-dealkylation sites (tertiary alicyclic amines) is 1. The van der Waals surface area contributed by atoms with Gasteiger partial charge in [-0.05, 0) is 88.3 Å². The van der Waals surface area contributed by atoms with Crippen LogP contribution < -0.4 is 5.14 Å². The van der Waals surface area contributed by atoms with Crippen LogP contribution in [0.1, 0.15) is 70.0 Å². The van der Waals surface area contributed by atoms with Crippen molar-refractivity contribution in [3.63, 3.8) is 0 Å². The van der Waals surface area contributed by atoms with E-state index in [4.69, 9.17) is 28.3 Å². The van der Waals surface area contributed by atoms with Crippen LogP contribution in [0.4, 0.5) is 0 Å². The predicted octanol–water partition coefficient (Wildman–Crippen LogP) is 5.34. The molecule has 2 aromatic carbocycles. The molecule has 0 radical (unpaired) electrons. The number of halogens is 2. The Bertz CT molecular complexity index is 1450. The molecule has 11 heteroatoms. The largest absolute Gasteiger partial charge is 0.330 e. The van der Waals surface area contributed by atoms with E-state index < -0.39 is 53.8 Å². The molecule has 4 atom stereocenters. The second kappa shape index (κ2) is 10.6. The molecule has 1 heterocycles. The maximum Gasteiger partial charge on any atom is 0.230 e. The average Bonchev–Trinajstić information content (AvgIpc) is 3.63. The molecular weight excluding hydrogens is 579 g/mol. The minimum atomic E-state index is -4.04. The van der Waals surface area contributed by atoms with E-state index in [0.717, 1.165) is 24.0 Å². The third-order valence-corrected chi connectivity index (χ3v) is 12.1. The summed E-state index contributed by atoms with van der Waals surface area (Å²) in [5.41, 5.74) is 0.241. The van der Waals surface area contributed by atoms with E-state index in [2.05, 4.69) is 0 Å². The third kappa shape index (κ3) is 6.64. The summed E-state index contributed by atoms with van der Waals surface area (Å²) in [5.74, 6) is -1.57. The summed E-state index contributed by atoms with van der Waals surface area (Å²) >= 11 is 12.6. The van der Waals surface area contributed by atoms with Gasteiger partial charge in [0.25, 0.3) is 0 Å². The van der Waals surface area contributed by atoms with E-state index in [9.17, 15) is 21.6 Å². The van der Waals surface area contributed by atoms with Gasteiger partial charge in [-0.3, -0.25) is 4.79 Å². The zero-order valence-electron chi connectivity index (χ0n) is 22.6. The lowest BCUT2D eigenvalue weighted by molar-refractivity contribution is -0.153. The van der Waals surface area contributed by atoms with Crippen LogP contribution in [0.3, 0.4) is 0 Å². The van der Waals surface area contributed by atoms with Crippen LogP contribution in [0.2, 0.25) is 10.0 Å². The van der Waals surface area contributed by atoms with Crippen molar-refractivity contribution in [2.24, 2.45) is 16.5 Å². The van der Waals surface area contributed by atoms with Gasteiger partial charge in [0.15, 0.2) is 9.84 Å². The van der Waals surface area contributed by atoms with Crippen LogP contribution in [0, 0.1) is 11.3 Å². The molecule has 2 fully saturated rings. The van der Waals surface area contributed by atoms with Crippen LogP contribution >= 0.6 is 23.2 Å². The average molecular weight is 616 g/mol. The fourth-order valence-corrected chi connectivity index (χ4v) is 8.56. The molecule has 2 aliphatic rings. The lowest BCUT2D eigenvalue weighted by Crippen LogP contribution is -2.60. The molecule has 39 heavy (non-hydrogen) atoms. The minimum Gasteiger partial charge on any atom is -0.330 e. The Kier molecular flexibility index (Phi) is 8.27. The molecule has 0 aromatic heterocycles. The highest BCUT2D eigenvalue weighted by Gasteiger charge is 2.56. The highest BCUT2D eigenvalue weighted by molar-refractivity contribution is 7.92. The van der Waals surface area contributed by atoms with Crippen molar-refractivity contribution < 1.29 is 21.6 Å². The highest BCUT2D eigenvalue weighted by Crippen LogP contribution is 2.53. The van der Waals surface area contributed by atoms with Crippen molar-refractivity contribution in [3.05, 3.63) is 69.7 Å². The highest BCUT2D eigenvalue weighted by atomic mass is 35.5. The SMILES string of the molecule is CC1(CS(N)(=O)=O)CC(c2cccc(Cl)c2)C(c2ccc(Cl)cc2)N(C(CS(=O)(=O)C(C)(C)C)C2CC2)C1=O. The predicted molar refractivity (Wildman–Crippen MR) is 156 cm³/mol. The van der Waals surface area contributed by atoms with Crippen molar-refractivity contribution in [2.45, 2.75) is 69.7 Å². The summed E-state index contributed by atoms with van der Waals surface area (Å²) in [6.07, 6.45) is 1.76. The first-order valence-electron chi connectivity index (χ1n) is 13.0. The number of carbonyl (C=O) groups is 1. The van der Waals surface area contributed by atoms with Gasteiger partial charge >= 0.3 is 0 Å². The first kappa shape index (κ1) is 30.3. The van der Waals surface area contributed by atoms with Gasteiger partial charge in [0.05, 0.1) is 27.7 Å². The van der Waals surface area contributed by atoms with Crippen molar-refractivity contribution in [1.82, 2.24) is 4.90 Å². The molecule has 4 rings (SSSR count). The third-order valence-electron chi connectivity index (χ3n) is 7.96. The standard InChI is InChI=1S/C28H36Cl2N2O5S2/c1-27(2,3)38(34,35)16-24(18-8-9-18)32-25(19-10-12-21(29)13-11-19)23(20-6-5-7-22(30)14-20)15-28(4,26(32)33)17-39(31,36)37/h5-7,10-14,18,23-25H,8-9,15-17H2,1-4H3,(H2,31,36,37). The van der Waals surface area contributed by atoms with Crippen molar-refractivity contribution in [2.75, 3.05) is 11.5 Å². The Balaban J connectivity index is 1.96. The molecule has 2 N–H and O–H groups in total. The Morgan fingerprint density at radius 2 is 1.62 bits per heavy atom. The van der Waals surface area contributed by atoms with Gasteiger partial charge in [0.2, 0.25) is 15.9 Å². The lowest BCUT2D eigenvalue weighted by Gasteiger charge is -2.52. The Hall–Kier alpha value is -1.65. The zero-order chi connectivity index (χ0) is 29.0. The summed E-state index contributed by atoms with van der Waals surface area (Å²) in [6.45, 7) is 6.58. The molecule has 7 nitrogen and oxygen atoms in total. The molecule has 1 saturated carbocycles. The normalized spacial score (nSPS) is 25.5. The van der Waals surface area contributed by atoms with Crippen molar-refractivity contribution >= 4 is 49.0 Å². The number of rotatable bonds is 8. The quantitative estimate of drug-likeness (QED) is 0.431. The second-order valence-corrected chi connectivity index (χ2v) is 17.5. The number of hydrogen-bond acceptors (Lipinski definition) is 5. The zero-order valence-corrected chi connectivity index (χ0v) is 25.7. The van der Waals surface area contributed by atoms with Gasteiger partial charge in [-0.25, -0.2) is 22.0 Å². The molecule has 1 amide bonds.